The smallest absolute Gasteiger partial charge is 0.338 e. The molecule has 0 bridgehead atoms. The Morgan fingerprint density at radius 2 is 2.29 bits per heavy atom. The van der Waals surface area contributed by atoms with Crippen LogP contribution in [0.3, 0.4) is 0 Å². The first-order chi connectivity index (χ1) is 6.69. The molecule has 0 aliphatic carbocycles. The average Bonchev–Trinajstić information content (AvgIpc) is 2.19. The van der Waals surface area contributed by atoms with Gasteiger partial charge in [-0.2, -0.15) is 0 Å². The Hall–Kier alpha value is -0.870. The van der Waals surface area contributed by atoms with Crippen LogP contribution in [0.15, 0.2) is 22.7 Å². The largest absolute Gasteiger partial charge is 0.462 e. The van der Waals surface area contributed by atoms with Crippen molar-refractivity contribution >= 4 is 21.9 Å². The fourth-order valence-corrected chi connectivity index (χ4v) is 1.41. The maximum Gasteiger partial charge on any atom is 0.338 e. The molecule has 0 fully saturated rings. The number of rotatable bonds is 3. The van der Waals surface area contributed by atoms with Crippen LogP contribution in [-0.4, -0.2) is 17.7 Å². The Balaban J connectivity index is 2.94. The van der Waals surface area contributed by atoms with Gasteiger partial charge in [-0.1, -0.05) is 15.9 Å². The van der Waals surface area contributed by atoms with Gasteiger partial charge in [0.25, 0.3) is 0 Å². The Kier molecular flexibility index (Phi) is 4.10. The van der Waals surface area contributed by atoms with E-state index in [9.17, 15) is 4.79 Å². The number of hydrogen-bond acceptors (Lipinski definition) is 3. The fraction of sp³-hybridized carbons (Fsp3) is 0.300. The lowest BCUT2D eigenvalue weighted by Gasteiger charge is -2.04. The van der Waals surface area contributed by atoms with Crippen molar-refractivity contribution in [3.63, 3.8) is 0 Å². The summed E-state index contributed by atoms with van der Waals surface area (Å²) in [7, 11) is 0. The van der Waals surface area contributed by atoms with E-state index in [0.717, 1.165) is 4.47 Å². The Morgan fingerprint density at radius 1 is 1.57 bits per heavy atom. The molecular weight excluding hydrogens is 248 g/mol. The standard InChI is InChI=1S/C10H11BrO3/c1-2-14-10(13)7-3-4-9(11)8(5-7)6-12/h3-5,12H,2,6H2,1H3. The molecule has 4 heteroatoms. The molecule has 14 heavy (non-hydrogen) atoms. The van der Waals surface area contributed by atoms with Crippen molar-refractivity contribution < 1.29 is 14.6 Å². The van der Waals surface area contributed by atoms with Crippen molar-refractivity contribution in [2.75, 3.05) is 6.61 Å². The van der Waals surface area contributed by atoms with E-state index in [0.29, 0.717) is 17.7 Å². The van der Waals surface area contributed by atoms with Crippen molar-refractivity contribution in [1.82, 2.24) is 0 Å². The third-order valence-corrected chi connectivity index (χ3v) is 2.50. The predicted octanol–water partition coefficient (Wildman–Crippen LogP) is 2.12. The molecule has 0 aliphatic heterocycles. The molecule has 0 amide bonds. The second-order valence-corrected chi connectivity index (χ2v) is 3.54. The number of aliphatic hydroxyl groups excluding tert-OH is 1. The number of benzene rings is 1. The van der Waals surface area contributed by atoms with Crippen molar-refractivity contribution in [2.24, 2.45) is 0 Å². The van der Waals surface area contributed by atoms with Crippen LogP contribution in [0.25, 0.3) is 0 Å². The molecule has 3 nitrogen and oxygen atoms in total. The number of esters is 1. The number of halogens is 1. The molecule has 1 N–H and O–H groups in total. The van der Waals surface area contributed by atoms with Gasteiger partial charge in [0.15, 0.2) is 0 Å². The third kappa shape index (κ3) is 2.56. The quantitative estimate of drug-likeness (QED) is 0.846. The van der Waals surface area contributed by atoms with Gasteiger partial charge in [0.1, 0.15) is 0 Å². The minimum Gasteiger partial charge on any atom is -0.462 e. The van der Waals surface area contributed by atoms with Crippen LogP contribution in [-0.2, 0) is 11.3 Å². The van der Waals surface area contributed by atoms with Gasteiger partial charge >= 0.3 is 5.97 Å². The molecule has 0 spiro atoms. The average molecular weight is 259 g/mol. The van der Waals surface area contributed by atoms with Crippen LogP contribution in [0.2, 0.25) is 0 Å². The molecule has 76 valence electrons. The monoisotopic (exact) mass is 258 g/mol. The first kappa shape index (κ1) is 11.2. The van der Waals surface area contributed by atoms with Gasteiger partial charge in [-0.3, -0.25) is 0 Å². The van der Waals surface area contributed by atoms with E-state index in [4.69, 9.17) is 9.84 Å². The highest BCUT2D eigenvalue weighted by atomic mass is 79.9. The maximum atomic E-state index is 11.3. The highest BCUT2D eigenvalue weighted by Crippen LogP contribution is 2.18. The highest BCUT2D eigenvalue weighted by Gasteiger charge is 2.08. The van der Waals surface area contributed by atoms with E-state index in [-0.39, 0.29) is 12.6 Å². The summed E-state index contributed by atoms with van der Waals surface area (Å²) in [6.07, 6.45) is 0. The summed E-state index contributed by atoms with van der Waals surface area (Å²) in [5.74, 6) is -0.366. The first-order valence-electron chi connectivity index (χ1n) is 4.25. The molecular formula is C10H11BrO3. The number of aliphatic hydroxyl groups is 1. The van der Waals surface area contributed by atoms with Gasteiger partial charge in [-0.05, 0) is 30.7 Å². The van der Waals surface area contributed by atoms with Crippen molar-refractivity contribution in [1.29, 1.82) is 0 Å². The molecule has 1 aromatic carbocycles. The fourth-order valence-electron chi connectivity index (χ4n) is 1.04. The highest BCUT2D eigenvalue weighted by molar-refractivity contribution is 9.10. The topological polar surface area (TPSA) is 46.5 Å². The Morgan fingerprint density at radius 3 is 2.86 bits per heavy atom. The van der Waals surface area contributed by atoms with Crippen molar-refractivity contribution in [3.8, 4) is 0 Å². The molecule has 0 saturated heterocycles. The number of carbonyl (C=O) groups is 1. The number of hydrogen-bond donors (Lipinski definition) is 1. The van der Waals surface area contributed by atoms with Gasteiger partial charge in [0.2, 0.25) is 0 Å². The molecule has 0 radical (unpaired) electrons. The Labute approximate surface area is 90.8 Å². The van der Waals surface area contributed by atoms with Crippen LogP contribution < -0.4 is 0 Å². The van der Waals surface area contributed by atoms with Gasteiger partial charge in [0, 0.05) is 4.47 Å². The van der Waals surface area contributed by atoms with Gasteiger partial charge in [0.05, 0.1) is 18.8 Å². The Bertz CT molecular complexity index is 336. The molecule has 0 saturated carbocycles. The predicted molar refractivity (Wildman–Crippen MR) is 56.0 cm³/mol. The normalized spacial score (nSPS) is 9.93. The lowest BCUT2D eigenvalue weighted by molar-refractivity contribution is 0.0526. The second-order valence-electron chi connectivity index (χ2n) is 2.68. The molecule has 0 unspecified atom stereocenters. The van der Waals surface area contributed by atoms with Gasteiger partial charge in [-0.25, -0.2) is 4.79 Å². The first-order valence-corrected chi connectivity index (χ1v) is 5.04. The van der Waals surface area contributed by atoms with Crippen molar-refractivity contribution in [2.45, 2.75) is 13.5 Å². The van der Waals surface area contributed by atoms with Crippen LogP contribution >= 0.6 is 15.9 Å². The van der Waals surface area contributed by atoms with E-state index in [1.54, 1.807) is 25.1 Å². The molecule has 0 aliphatic rings. The SMILES string of the molecule is CCOC(=O)c1ccc(Br)c(CO)c1. The molecule has 0 aromatic heterocycles. The van der Waals surface area contributed by atoms with Gasteiger partial charge in [-0.15, -0.1) is 0 Å². The second kappa shape index (κ2) is 5.12. The van der Waals surface area contributed by atoms with Crippen LogP contribution in [0.4, 0.5) is 0 Å². The lowest BCUT2D eigenvalue weighted by atomic mass is 10.1. The summed E-state index contributed by atoms with van der Waals surface area (Å²) in [5.41, 5.74) is 1.13. The molecule has 1 rings (SSSR count). The van der Waals surface area contributed by atoms with Gasteiger partial charge < -0.3 is 9.84 Å². The zero-order valence-electron chi connectivity index (χ0n) is 7.79. The van der Waals surface area contributed by atoms with E-state index < -0.39 is 0 Å². The minimum atomic E-state index is -0.366. The summed E-state index contributed by atoms with van der Waals surface area (Å²) >= 11 is 3.27. The number of ether oxygens (including phenoxy) is 1. The number of carbonyl (C=O) groups excluding carboxylic acids is 1. The molecule has 1 aromatic rings. The van der Waals surface area contributed by atoms with E-state index >= 15 is 0 Å². The summed E-state index contributed by atoms with van der Waals surface area (Å²) in [4.78, 5) is 11.3. The molecule has 0 atom stereocenters. The summed E-state index contributed by atoms with van der Waals surface area (Å²) < 4.78 is 5.62. The maximum absolute atomic E-state index is 11.3. The summed E-state index contributed by atoms with van der Waals surface area (Å²) in [5, 5.41) is 8.97. The van der Waals surface area contributed by atoms with Crippen LogP contribution in [0.1, 0.15) is 22.8 Å². The summed E-state index contributed by atoms with van der Waals surface area (Å²) in [6.45, 7) is 2.00. The van der Waals surface area contributed by atoms with E-state index in [1.807, 2.05) is 0 Å². The third-order valence-electron chi connectivity index (χ3n) is 1.73. The van der Waals surface area contributed by atoms with E-state index in [2.05, 4.69) is 15.9 Å². The van der Waals surface area contributed by atoms with Crippen LogP contribution in [0.5, 0.6) is 0 Å². The minimum absolute atomic E-state index is 0.103. The molecule has 0 heterocycles. The zero-order valence-corrected chi connectivity index (χ0v) is 9.37. The van der Waals surface area contributed by atoms with Crippen molar-refractivity contribution in [3.05, 3.63) is 33.8 Å². The van der Waals surface area contributed by atoms with Crippen LogP contribution in [0, 0.1) is 0 Å². The lowest BCUT2D eigenvalue weighted by Crippen LogP contribution is -2.05. The van der Waals surface area contributed by atoms with E-state index in [1.165, 1.54) is 0 Å². The summed E-state index contributed by atoms with van der Waals surface area (Å²) in [6, 6.07) is 4.99. The zero-order chi connectivity index (χ0) is 10.6.